The van der Waals surface area contributed by atoms with E-state index in [1.54, 1.807) is 0 Å². The fourth-order valence-electron chi connectivity index (χ4n) is 6.97. The molecule has 2 aliphatic heterocycles. The third-order valence-electron chi connectivity index (χ3n) is 10.1. The zero-order valence-electron chi connectivity index (χ0n) is 27.7. The van der Waals surface area contributed by atoms with Gasteiger partial charge in [0.1, 0.15) is 0 Å². The van der Waals surface area contributed by atoms with Gasteiger partial charge in [0.25, 0.3) is 11.3 Å². The first-order chi connectivity index (χ1) is 23.9. The van der Waals surface area contributed by atoms with Crippen LogP contribution in [-0.4, -0.2) is 74.0 Å². The van der Waals surface area contributed by atoms with Gasteiger partial charge in [-0.3, -0.25) is 0 Å². The van der Waals surface area contributed by atoms with Gasteiger partial charge in [-0.25, -0.2) is 8.78 Å². The van der Waals surface area contributed by atoms with Crippen molar-refractivity contribution in [3.63, 3.8) is 0 Å². The van der Waals surface area contributed by atoms with Crippen molar-refractivity contribution in [3.8, 4) is 12.1 Å². The maximum Gasteiger partial charge on any atom is 0.431 e. The molecule has 2 spiro atoms. The largest absolute Gasteiger partial charge is 0.431 e. The van der Waals surface area contributed by atoms with E-state index in [4.69, 9.17) is 18.9 Å². The van der Waals surface area contributed by atoms with Crippen molar-refractivity contribution in [2.45, 2.75) is 138 Å². The summed E-state index contributed by atoms with van der Waals surface area (Å²) in [5, 5.41) is 18.4. The lowest BCUT2D eigenvalue weighted by Crippen LogP contribution is -2.53. The summed E-state index contributed by atoms with van der Waals surface area (Å²) in [6.07, 6.45) is -25.8. The molecule has 2 heterocycles. The lowest BCUT2D eigenvalue weighted by atomic mass is 9.76. The highest BCUT2D eigenvalue weighted by Gasteiger charge is 2.72. The summed E-state index contributed by atoms with van der Waals surface area (Å²) in [4.78, 5) is 0. The maximum absolute atomic E-state index is 13.6. The molecule has 4 aliphatic rings. The van der Waals surface area contributed by atoms with Crippen LogP contribution in [0.15, 0.2) is 11.1 Å². The summed E-state index contributed by atoms with van der Waals surface area (Å²) < 4.78 is 200. The minimum Gasteiger partial charge on any atom is -0.348 e. The summed E-state index contributed by atoms with van der Waals surface area (Å²) in [6.45, 7) is 1.86. The molecule has 20 heteroatoms. The van der Waals surface area contributed by atoms with Crippen molar-refractivity contribution in [1.29, 1.82) is 10.5 Å². The zero-order chi connectivity index (χ0) is 39.3. The molecule has 6 nitrogen and oxygen atoms in total. The molecule has 0 amide bonds. The molecule has 4 rings (SSSR count). The predicted molar refractivity (Wildman–Crippen MR) is 151 cm³/mol. The molecule has 0 bridgehead atoms. The average Bonchev–Trinajstić information content (AvgIpc) is 3.70. The van der Waals surface area contributed by atoms with E-state index in [1.807, 2.05) is 12.1 Å². The van der Waals surface area contributed by atoms with Crippen molar-refractivity contribution in [2.24, 2.45) is 11.8 Å². The van der Waals surface area contributed by atoms with Gasteiger partial charge in [0.15, 0.2) is 11.6 Å². The topological polar surface area (TPSA) is 84.5 Å². The van der Waals surface area contributed by atoms with Gasteiger partial charge in [-0.1, -0.05) is 5.57 Å². The third-order valence-corrected chi connectivity index (χ3v) is 10.1. The van der Waals surface area contributed by atoms with Crippen molar-refractivity contribution < 1.29 is 80.4 Å². The van der Waals surface area contributed by atoms with E-state index in [2.05, 4.69) is 0 Å². The highest BCUT2D eigenvalue weighted by atomic mass is 19.4. The molecular formula is C32H38F14N2O4. The normalized spacial score (nSPS) is 23.2. The first-order valence-electron chi connectivity index (χ1n) is 16.6. The Kier molecular flexibility index (Phi) is 14.0. The summed E-state index contributed by atoms with van der Waals surface area (Å²) in [6, 6.07) is 3.78. The fraction of sp³-hybridized carbons (Fsp3) is 0.875. The lowest BCUT2D eigenvalue weighted by molar-refractivity contribution is -0.344. The number of nitriles is 2. The Hall–Kier alpha value is -2.42. The van der Waals surface area contributed by atoms with Gasteiger partial charge in [-0.15, -0.1) is 0 Å². The summed E-state index contributed by atoms with van der Waals surface area (Å²) in [7, 11) is 0. The Labute approximate surface area is 290 Å². The number of hydrogen-bond donors (Lipinski definition) is 0. The van der Waals surface area contributed by atoms with Gasteiger partial charge in [0.05, 0.1) is 38.6 Å². The van der Waals surface area contributed by atoms with Gasteiger partial charge < -0.3 is 18.9 Å². The Morgan fingerprint density at radius 1 is 0.615 bits per heavy atom. The third kappa shape index (κ3) is 10.0. The van der Waals surface area contributed by atoms with Crippen LogP contribution in [0, 0.1) is 34.5 Å². The van der Waals surface area contributed by atoms with Crippen LogP contribution >= 0.6 is 0 Å². The first kappa shape index (κ1) is 44.0. The number of ether oxygens (including phenoxy) is 4. The number of allylic oxidation sites excluding steroid dienone is 2. The van der Waals surface area contributed by atoms with E-state index in [-0.39, 0.29) is 24.3 Å². The van der Waals surface area contributed by atoms with E-state index >= 15 is 0 Å². The molecule has 0 N–H and O–H groups in total. The zero-order valence-corrected chi connectivity index (χ0v) is 27.7. The van der Waals surface area contributed by atoms with Crippen molar-refractivity contribution in [2.75, 3.05) is 26.4 Å². The van der Waals surface area contributed by atoms with Gasteiger partial charge in [0, 0.05) is 43.6 Å². The van der Waals surface area contributed by atoms with Crippen LogP contribution in [0.2, 0.25) is 0 Å². The minimum absolute atomic E-state index is 0.115. The van der Waals surface area contributed by atoms with Crippen LogP contribution in [0.5, 0.6) is 0 Å². The van der Waals surface area contributed by atoms with Crippen LogP contribution in [0.4, 0.5) is 61.5 Å². The molecule has 0 aromatic heterocycles. The van der Waals surface area contributed by atoms with E-state index in [0.717, 1.165) is 0 Å². The van der Waals surface area contributed by atoms with Crippen molar-refractivity contribution in [3.05, 3.63) is 11.1 Å². The van der Waals surface area contributed by atoms with Gasteiger partial charge in [-0.05, 0) is 63.7 Å². The molecule has 0 aromatic carbocycles. The Balaban J connectivity index is 0.000000280. The highest BCUT2D eigenvalue weighted by Crippen LogP contribution is 2.51. The molecule has 1 atom stereocenters. The second kappa shape index (κ2) is 16.5. The van der Waals surface area contributed by atoms with Crippen molar-refractivity contribution >= 4 is 0 Å². The molecule has 0 radical (unpaired) electrons. The number of hydrogen-bond acceptors (Lipinski definition) is 6. The van der Waals surface area contributed by atoms with E-state index < -0.39 is 79.2 Å². The second-order valence-electron chi connectivity index (χ2n) is 13.3. The summed E-state index contributed by atoms with van der Waals surface area (Å²) in [5.41, 5.74) is -9.75. The van der Waals surface area contributed by atoms with Crippen LogP contribution in [-0.2, 0) is 18.9 Å². The molecule has 298 valence electrons. The number of rotatable bonds is 9. The Bertz CT molecular complexity index is 1250. The monoisotopic (exact) mass is 780 g/mol. The highest BCUT2D eigenvalue weighted by molar-refractivity contribution is 5.29. The number of alkyl halides is 14. The van der Waals surface area contributed by atoms with Crippen LogP contribution < -0.4 is 0 Å². The summed E-state index contributed by atoms with van der Waals surface area (Å²) in [5.74, 6) is -2.27. The van der Waals surface area contributed by atoms with Crippen LogP contribution in [0.1, 0.15) is 89.9 Å². The van der Waals surface area contributed by atoms with E-state index in [0.29, 0.717) is 83.4 Å². The summed E-state index contributed by atoms with van der Waals surface area (Å²) >= 11 is 0. The van der Waals surface area contributed by atoms with Gasteiger partial charge in [-0.2, -0.15) is 63.2 Å². The molecule has 4 fully saturated rings. The molecule has 2 saturated heterocycles. The van der Waals surface area contributed by atoms with Crippen molar-refractivity contribution in [1.82, 2.24) is 0 Å². The molecule has 1 unspecified atom stereocenters. The average molecular weight is 781 g/mol. The maximum atomic E-state index is 13.6. The Morgan fingerprint density at radius 2 is 1.00 bits per heavy atom. The van der Waals surface area contributed by atoms with Gasteiger partial charge >= 0.3 is 24.7 Å². The van der Waals surface area contributed by atoms with Crippen LogP contribution in [0.25, 0.3) is 0 Å². The number of halogens is 14. The predicted octanol–water partition coefficient (Wildman–Crippen LogP) is 10.2. The van der Waals surface area contributed by atoms with Crippen LogP contribution in [0.3, 0.4) is 0 Å². The second-order valence-corrected chi connectivity index (χ2v) is 13.3. The lowest BCUT2D eigenvalue weighted by Gasteiger charge is -2.37. The Morgan fingerprint density at radius 3 is 1.37 bits per heavy atom. The number of nitrogens with zero attached hydrogens (tertiary/aromatic N) is 2. The van der Waals surface area contributed by atoms with E-state index in [9.17, 15) is 72.0 Å². The fourth-order valence-corrected chi connectivity index (χ4v) is 6.97. The SMILES string of the molecule is N#CC(CCCC(F)(C(F)(F)F)C(F)(F)F)=C1CCC2(CC1)OCCO2.N#CC(CCCC(F)(C(F)(F)F)C(F)(F)F)C1CCC2(CC1)OCCO2. The quantitative estimate of drug-likeness (QED) is 0.171. The van der Waals surface area contributed by atoms with E-state index in [1.165, 1.54) is 0 Å². The molecule has 2 aliphatic carbocycles. The molecule has 2 saturated carbocycles. The smallest absolute Gasteiger partial charge is 0.348 e. The molecule has 0 aromatic rings. The molecule has 52 heavy (non-hydrogen) atoms. The minimum atomic E-state index is -6.06. The standard InChI is InChI=1S/C16H20F7NO2.C16H18F7NO2/c2*17-14(15(18,19)20,16(21,22)23)5-1-2-12(10-24)11-3-6-13(7-4-11)25-8-9-26-13/h11-12H,1-9H2;1-9H2. The van der Waals surface area contributed by atoms with Gasteiger partial charge in [0.2, 0.25) is 0 Å². The molecular weight excluding hydrogens is 742 g/mol. The first-order valence-corrected chi connectivity index (χ1v) is 16.6.